The molecule has 0 radical (unpaired) electrons. The summed E-state index contributed by atoms with van der Waals surface area (Å²) in [5, 5.41) is 3.33. The van der Waals surface area contributed by atoms with E-state index in [0.29, 0.717) is 5.92 Å². The molecule has 0 atom stereocenters. The SMILES string of the molecule is c1ncn(CC2CCCC2)c1C1CNC1. The first-order chi connectivity index (χ1) is 7.43. The predicted octanol–water partition coefficient (Wildman–Crippen LogP) is 1.76. The quantitative estimate of drug-likeness (QED) is 0.815. The van der Waals surface area contributed by atoms with Crippen LogP contribution in [0.2, 0.25) is 0 Å². The highest BCUT2D eigenvalue weighted by Crippen LogP contribution is 2.28. The lowest BCUT2D eigenvalue weighted by Gasteiger charge is -2.28. The molecule has 1 aliphatic heterocycles. The fraction of sp³-hybridized carbons (Fsp3) is 0.750. The summed E-state index contributed by atoms with van der Waals surface area (Å²) >= 11 is 0. The van der Waals surface area contributed by atoms with Crippen LogP contribution in [0.25, 0.3) is 0 Å². The minimum Gasteiger partial charge on any atom is -0.334 e. The van der Waals surface area contributed by atoms with Gasteiger partial charge < -0.3 is 9.88 Å². The molecule has 1 aliphatic carbocycles. The highest BCUT2D eigenvalue weighted by molar-refractivity contribution is 5.11. The first-order valence-corrected chi connectivity index (χ1v) is 6.14. The van der Waals surface area contributed by atoms with Crippen LogP contribution in [0, 0.1) is 5.92 Å². The van der Waals surface area contributed by atoms with Crippen molar-refractivity contribution in [2.75, 3.05) is 13.1 Å². The van der Waals surface area contributed by atoms with E-state index in [4.69, 9.17) is 0 Å². The minimum atomic E-state index is 0.717. The average Bonchev–Trinajstić information content (AvgIpc) is 2.76. The van der Waals surface area contributed by atoms with E-state index >= 15 is 0 Å². The van der Waals surface area contributed by atoms with Gasteiger partial charge in [0.15, 0.2) is 0 Å². The summed E-state index contributed by atoms with van der Waals surface area (Å²) in [6.07, 6.45) is 9.77. The van der Waals surface area contributed by atoms with Gasteiger partial charge in [-0.15, -0.1) is 0 Å². The summed E-state index contributed by atoms with van der Waals surface area (Å²) in [6, 6.07) is 0. The van der Waals surface area contributed by atoms with Crippen LogP contribution in [0.4, 0.5) is 0 Å². The van der Waals surface area contributed by atoms with E-state index in [9.17, 15) is 0 Å². The van der Waals surface area contributed by atoms with Gasteiger partial charge in [0.2, 0.25) is 0 Å². The maximum atomic E-state index is 4.30. The lowest BCUT2D eigenvalue weighted by molar-refractivity contribution is 0.395. The van der Waals surface area contributed by atoms with Gasteiger partial charge in [-0.2, -0.15) is 0 Å². The molecule has 0 unspecified atom stereocenters. The first-order valence-electron chi connectivity index (χ1n) is 6.14. The zero-order chi connectivity index (χ0) is 10.1. The molecule has 0 bridgehead atoms. The van der Waals surface area contributed by atoms with Crippen molar-refractivity contribution in [1.82, 2.24) is 14.9 Å². The van der Waals surface area contributed by atoms with Crippen LogP contribution in [-0.2, 0) is 6.54 Å². The van der Waals surface area contributed by atoms with E-state index in [1.165, 1.54) is 37.9 Å². The van der Waals surface area contributed by atoms with E-state index < -0.39 is 0 Å². The van der Waals surface area contributed by atoms with Crippen LogP contribution in [0.1, 0.15) is 37.3 Å². The molecule has 0 amide bonds. The van der Waals surface area contributed by atoms with E-state index in [1.54, 1.807) is 0 Å². The number of nitrogens with zero attached hydrogens (tertiary/aromatic N) is 2. The van der Waals surface area contributed by atoms with E-state index in [-0.39, 0.29) is 0 Å². The topological polar surface area (TPSA) is 29.9 Å². The fourth-order valence-electron chi connectivity index (χ4n) is 2.79. The van der Waals surface area contributed by atoms with Crippen molar-refractivity contribution in [3.63, 3.8) is 0 Å². The van der Waals surface area contributed by atoms with Crippen LogP contribution >= 0.6 is 0 Å². The predicted molar refractivity (Wildman–Crippen MR) is 59.8 cm³/mol. The standard InChI is InChI=1S/C12H19N3/c1-2-4-10(3-1)8-15-9-14-7-12(15)11-5-13-6-11/h7,9-11,13H,1-6,8H2. The molecule has 1 aromatic heterocycles. The lowest BCUT2D eigenvalue weighted by Crippen LogP contribution is -2.41. The van der Waals surface area contributed by atoms with Crippen LogP contribution in [-0.4, -0.2) is 22.6 Å². The van der Waals surface area contributed by atoms with Gasteiger partial charge in [-0.05, 0) is 18.8 Å². The van der Waals surface area contributed by atoms with Gasteiger partial charge in [0.05, 0.1) is 6.33 Å². The molecule has 1 N–H and O–H groups in total. The molecule has 0 aromatic carbocycles. The molecule has 82 valence electrons. The second-order valence-electron chi connectivity index (χ2n) is 4.98. The van der Waals surface area contributed by atoms with Crippen LogP contribution in [0.15, 0.2) is 12.5 Å². The van der Waals surface area contributed by atoms with Crippen LogP contribution in [0.3, 0.4) is 0 Å². The second kappa shape index (κ2) is 3.97. The Morgan fingerprint density at radius 2 is 2.13 bits per heavy atom. The van der Waals surface area contributed by atoms with Gasteiger partial charge in [-0.1, -0.05) is 12.8 Å². The van der Waals surface area contributed by atoms with Crippen molar-refractivity contribution in [1.29, 1.82) is 0 Å². The average molecular weight is 205 g/mol. The molecule has 3 rings (SSSR count). The molecular weight excluding hydrogens is 186 g/mol. The second-order valence-corrected chi connectivity index (χ2v) is 4.98. The van der Waals surface area contributed by atoms with Gasteiger partial charge in [0.1, 0.15) is 0 Å². The van der Waals surface area contributed by atoms with Gasteiger partial charge in [0, 0.05) is 37.4 Å². The molecule has 0 spiro atoms. The fourth-order valence-corrected chi connectivity index (χ4v) is 2.79. The molecule has 1 saturated carbocycles. The monoisotopic (exact) mass is 205 g/mol. The molecular formula is C12H19N3. The molecule has 2 aliphatic rings. The third-order valence-corrected chi connectivity index (χ3v) is 3.87. The van der Waals surface area contributed by atoms with E-state index in [2.05, 4.69) is 21.1 Å². The van der Waals surface area contributed by atoms with E-state index in [0.717, 1.165) is 19.0 Å². The smallest absolute Gasteiger partial charge is 0.0948 e. The third-order valence-electron chi connectivity index (χ3n) is 3.87. The summed E-state index contributed by atoms with van der Waals surface area (Å²) < 4.78 is 2.39. The molecule has 3 heteroatoms. The molecule has 1 saturated heterocycles. The summed E-state index contributed by atoms with van der Waals surface area (Å²) in [7, 11) is 0. The number of nitrogens with one attached hydrogen (secondary N) is 1. The first kappa shape index (κ1) is 9.40. The minimum absolute atomic E-state index is 0.717. The molecule has 2 heterocycles. The van der Waals surface area contributed by atoms with Crippen molar-refractivity contribution >= 4 is 0 Å². The molecule has 1 aromatic rings. The van der Waals surface area contributed by atoms with Gasteiger partial charge in [-0.25, -0.2) is 4.98 Å². The van der Waals surface area contributed by atoms with E-state index in [1.807, 2.05) is 6.33 Å². The summed E-state index contributed by atoms with van der Waals surface area (Å²) in [5.41, 5.74) is 1.45. The zero-order valence-corrected chi connectivity index (χ0v) is 9.15. The highest BCUT2D eigenvalue weighted by atomic mass is 15.1. The van der Waals surface area contributed by atoms with Crippen LogP contribution in [0.5, 0.6) is 0 Å². The zero-order valence-electron chi connectivity index (χ0n) is 9.15. The normalized spacial score (nSPS) is 23.2. The van der Waals surface area contributed by atoms with Gasteiger partial charge >= 0.3 is 0 Å². The van der Waals surface area contributed by atoms with Crippen molar-refractivity contribution < 1.29 is 0 Å². The van der Waals surface area contributed by atoms with Gasteiger partial charge in [0.25, 0.3) is 0 Å². The Kier molecular flexibility index (Phi) is 2.49. The highest BCUT2D eigenvalue weighted by Gasteiger charge is 2.24. The molecule has 3 nitrogen and oxygen atoms in total. The number of aromatic nitrogens is 2. The summed E-state index contributed by atoms with van der Waals surface area (Å²) in [6.45, 7) is 3.47. The Morgan fingerprint density at radius 1 is 1.33 bits per heavy atom. The Morgan fingerprint density at radius 3 is 2.80 bits per heavy atom. The summed E-state index contributed by atoms with van der Waals surface area (Å²) in [5.74, 6) is 1.62. The number of imidazole rings is 1. The Balaban J connectivity index is 1.70. The largest absolute Gasteiger partial charge is 0.334 e. The maximum Gasteiger partial charge on any atom is 0.0948 e. The maximum absolute atomic E-state index is 4.30. The third kappa shape index (κ3) is 1.81. The number of hydrogen-bond donors (Lipinski definition) is 1. The number of rotatable bonds is 3. The molecule has 15 heavy (non-hydrogen) atoms. The van der Waals surface area contributed by atoms with Crippen molar-refractivity contribution in [2.45, 2.75) is 38.1 Å². The lowest BCUT2D eigenvalue weighted by atomic mass is 9.99. The Labute approximate surface area is 90.9 Å². The van der Waals surface area contributed by atoms with Crippen LogP contribution < -0.4 is 5.32 Å². The van der Waals surface area contributed by atoms with Crippen molar-refractivity contribution in [3.8, 4) is 0 Å². The van der Waals surface area contributed by atoms with Crippen molar-refractivity contribution in [2.24, 2.45) is 5.92 Å². The van der Waals surface area contributed by atoms with Gasteiger partial charge in [-0.3, -0.25) is 0 Å². The Hall–Kier alpha value is -0.830. The van der Waals surface area contributed by atoms with Crippen molar-refractivity contribution in [3.05, 3.63) is 18.2 Å². The Bertz CT molecular complexity index is 321. The summed E-state index contributed by atoms with van der Waals surface area (Å²) in [4.78, 5) is 4.30. The molecule has 2 fully saturated rings. The number of hydrogen-bond acceptors (Lipinski definition) is 2.